The lowest BCUT2D eigenvalue weighted by Crippen LogP contribution is -2.47. The number of rotatable bonds is 4. The highest BCUT2D eigenvalue weighted by molar-refractivity contribution is 5.47. The van der Waals surface area contributed by atoms with Gasteiger partial charge in [-0.25, -0.2) is 0 Å². The Morgan fingerprint density at radius 2 is 2.05 bits per heavy atom. The summed E-state index contributed by atoms with van der Waals surface area (Å²) in [6.45, 7) is 5.69. The summed E-state index contributed by atoms with van der Waals surface area (Å²) in [6.07, 6.45) is 2.72. The van der Waals surface area contributed by atoms with Crippen LogP contribution in [-0.4, -0.2) is 47.4 Å². The fourth-order valence-corrected chi connectivity index (χ4v) is 2.27. The third kappa shape index (κ3) is 4.64. The fraction of sp³-hybridized carbons (Fsp3) is 0.643. The Morgan fingerprint density at radius 3 is 2.48 bits per heavy atom. The molecule has 2 rings (SSSR count). The number of hydrogen-bond donors (Lipinski definition) is 1. The smallest absolute Gasteiger partial charge is 0.363 e. The summed E-state index contributed by atoms with van der Waals surface area (Å²) in [6, 6.07) is 3.08. The molecule has 0 amide bonds. The SMILES string of the molecule is CC.COCC1(O)CCN(c2ccc([N+](=O)[O-])nc2)CC1. The zero-order chi connectivity index (χ0) is 15.9. The van der Waals surface area contributed by atoms with Gasteiger partial charge in [-0.15, -0.1) is 0 Å². The van der Waals surface area contributed by atoms with E-state index >= 15 is 0 Å². The number of ether oxygens (including phenoxy) is 1. The van der Waals surface area contributed by atoms with E-state index in [2.05, 4.69) is 9.88 Å². The molecule has 7 heteroatoms. The van der Waals surface area contributed by atoms with Crippen molar-refractivity contribution in [2.24, 2.45) is 0 Å². The van der Waals surface area contributed by atoms with Crippen molar-refractivity contribution in [3.63, 3.8) is 0 Å². The Kier molecular flexibility index (Phi) is 6.51. The van der Waals surface area contributed by atoms with E-state index in [1.54, 1.807) is 13.2 Å². The van der Waals surface area contributed by atoms with Crippen molar-refractivity contribution in [2.75, 3.05) is 31.7 Å². The van der Waals surface area contributed by atoms with Crippen LogP contribution in [0.15, 0.2) is 18.3 Å². The highest BCUT2D eigenvalue weighted by atomic mass is 16.6. The molecule has 0 unspecified atom stereocenters. The maximum absolute atomic E-state index is 10.5. The van der Waals surface area contributed by atoms with Gasteiger partial charge in [0.05, 0.1) is 17.9 Å². The lowest BCUT2D eigenvalue weighted by molar-refractivity contribution is -0.389. The molecule has 1 aliphatic heterocycles. The van der Waals surface area contributed by atoms with Crippen LogP contribution in [0, 0.1) is 10.1 Å². The standard InChI is InChI=1S/C12H17N3O4.C2H6/c1-19-9-12(16)4-6-14(7-5-12)10-2-3-11(13-8-10)15(17)18;1-2/h2-3,8,16H,4-7,9H2,1H3;1-2H3. The number of aromatic nitrogens is 1. The first kappa shape index (κ1) is 17.3. The molecule has 1 N–H and O–H groups in total. The summed E-state index contributed by atoms with van der Waals surface area (Å²) < 4.78 is 5.01. The molecule has 0 saturated carbocycles. The topological polar surface area (TPSA) is 88.7 Å². The van der Waals surface area contributed by atoms with E-state index in [0.717, 1.165) is 5.69 Å². The van der Waals surface area contributed by atoms with Gasteiger partial charge in [0.25, 0.3) is 0 Å². The number of nitrogens with zero attached hydrogens (tertiary/aromatic N) is 3. The molecule has 118 valence electrons. The molecule has 2 heterocycles. The van der Waals surface area contributed by atoms with Gasteiger partial charge >= 0.3 is 5.82 Å². The first-order chi connectivity index (χ1) is 10.0. The molecular weight excluding hydrogens is 274 g/mol. The van der Waals surface area contributed by atoms with Gasteiger partial charge in [0, 0.05) is 26.3 Å². The van der Waals surface area contributed by atoms with Gasteiger partial charge in [0.1, 0.15) is 0 Å². The zero-order valence-electron chi connectivity index (χ0n) is 12.8. The average Bonchev–Trinajstić information content (AvgIpc) is 2.50. The molecule has 1 aromatic heterocycles. The second-order valence-electron chi connectivity index (χ2n) is 4.78. The first-order valence-electron chi connectivity index (χ1n) is 7.11. The maximum atomic E-state index is 10.5. The summed E-state index contributed by atoms with van der Waals surface area (Å²) in [4.78, 5) is 15.9. The van der Waals surface area contributed by atoms with E-state index in [-0.39, 0.29) is 5.82 Å². The van der Waals surface area contributed by atoms with E-state index in [0.29, 0.717) is 32.5 Å². The second kappa shape index (κ2) is 7.90. The van der Waals surface area contributed by atoms with E-state index in [1.165, 1.54) is 12.3 Å². The number of aliphatic hydroxyl groups is 1. The van der Waals surface area contributed by atoms with E-state index in [9.17, 15) is 15.2 Å². The Morgan fingerprint density at radius 1 is 1.43 bits per heavy atom. The van der Waals surface area contributed by atoms with Crippen molar-refractivity contribution >= 4 is 11.5 Å². The second-order valence-corrected chi connectivity index (χ2v) is 4.78. The van der Waals surface area contributed by atoms with Crippen LogP contribution in [0.25, 0.3) is 0 Å². The van der Waals surface area contributed by atoms with Crippen LogP contribution < -0.4 is 4.90 Å². The fourth-order valence-electron chi connectivity index (χ4n) is 2.27. The van der Waals surface area contributed by atoms with Crippen molar-refractivity contribution in [3.8, 4) is 0 Å². The molecule has 0 spiro atoms. The molecule has 0 radical (unpaired) electrons. The van der Waals surface area contributed by atoms with Crippen molar-refractivity contribution in [1.82, 2.24) is 4.98 Å². The zero-order valence-corrected chi connectivity index (χ0v) is 12.8. The number of pyridine rings is 1. The van der Waals surface area contributed by atoms with Crippen LogP contribution >= 0.6 is 0 Å². The Hall–Kier alpha value is -1.73. The summed E-state index contributed by atoms with van der Waals surface area (Å²) >= 11 is 0. The molecule has 1 saturated heterocycles. The molecular formula is C14H23N3O4. The largest absolute Gasteiger partial charge is 0.387 e. The number of nitro groups is 1. The van der Waals surface area contributed by atoms with Gasteiger partial charge in [-0.05, 0) is 28.8 Å². The summed E-state index contributed by atoms with van der Waals surface area (Å²) in [5.74, 6) is -0.156. The molecule has 1 fully saturated rings. The minimum atomic E-state index is -0.764. The molecule has 0 atom stereocenters. The molecule has 1 aromatic rings. The molecule has 21 heavy (non-hydrogen) atoms. The van der Waals surface area contributed by atoms with Crippen LogP contribution in [0.2, 0.25) is 0 Å². The summed E-state index contributed by atoms with van der Waals surface area (Å²) in [5.41, 5.74) is 0.0736. The summed E-state index contributed by atoms with van der Waals surface area (Å²) in [7, 11) is 1.57. The van der Waals surface area contributed by atoms with Gasteiger partial charge in [-0.3, -0.25) is 0 Å². The average molecular weight is 297 g/mol. The van der Waals surface area contributed by atoms with Gasteiger partial charge in [-0.1, -0.05) is 13.8 Å². The predicted molar refractivity (Wildman–Crippen MR) is 80.5 cm³/mol. The van der Waals surface area contributed by atoms with Crippen LogP contribution in [-0.2, 0) is 4.74 Å². The van der Waals surface area contributed by atoms with E-state index in [1.807, 2.05) is 13.8 Å². The quantitative estimate of drug-likeness (QED) is 0.675. The van der Waals surface area contributed by atoms with Crippen LogP contribution in [0.5, 0.6) is 0 Å². The Bertz CT molecular complexity index is 442. The molecule has 0 aliphatic carbocycles. The number of hydrogen-bond acceptors (Lipinski definition) is 6. The van der Waals surface area contributed by atoms with E-state index < -0.39 is 10.5 Å². The Balaban J connectivity index is 0.00000106. The molecule has 0 bridgehead atoms. The highest BCUT2D eigenvalue weighted by Gasteiger charge is 2.32. The monoisotopic (exact) mass is 297 g/mol. The number of piperidine rings is 1. The Labute approximate surface area is 124 Å². The molecule has 0 aromatic carbocycles. The number of methoxy groups -OCH3 is 1. The van der Waals surface area contributed by atoms with E-state index in [4.69, 9.17) is 4.74 Å². The van der Waals surface area contributed by atoms with Crippen molar-refractivity contribution in [1.29, 1.82) is 0 Å². The first-order valence-corrected chi connectivity index (χ1v) is 7.11. The molecule has 1 aliphatic rings. The van der Waals surface area contributed by atoms with Gasteiger partial charge in [0.2, 0.25) is 0 Å². The third-order valence-corrected chi connectivity index (χ3v) is 3.39. The van der Waals surface area contributed by atoms with Crippen LogP contribution in [0.1, 0.15) is 26.7 Å². The lowest BCUT2D eigenvalue weighted by Gasteiger charge is -2.38. The molecule has 7 nitrogen and oxygen atoms in total. The normalized spacial score (nSPS) is 16.9. The van der Waals surface area contributed by atoms with Gasteiger partial charge < -0.3 is 24.9 Å². The minimum Gasteiger partial charge on any atom is -0.387 e. The van der Waals surface area contributed by atoms with Gasteiger partial charge in [0.15, 0.2) is 6.20 Å². The van der Waals surface area contributed by atoms with Crippen LogP contribution in [0.3, 0.4) is 0 Å². The van der Waals surface area contributed by atoms with Crippen molar-refractivity contribution in [3.05, 3.63) is 28.4 Å². The van der Waals surface area contributed by atoms with Gasteiger partial charge in [-0.2, -0.15) is 0 Å². The van der Waals surface area contributed by atoms with Crippen molar-refractivity contribution in [2.45, 2.75) is 32.3 Å². The lowest BCUT2D eigenvalue weighted by atomic mass is 9.92. The third-order valence-electron chi connectivity index (χ3n) is 3.39. The minimum absolute atomic E-state index is 0.156. The highest BCUT2D eigenvalue weighted by Crippen LogP contribution is 2.26. The summed E-state index contributed by atoms with van der Waals surface area (Å²) in [5, 5.41) is 20.7. The maximum Gasteiger partial charge on any atom is 0.363 e. The predicted octanol–water partition coefficient (Wildman–Crippen LogP) is 1.99. The van der Waals surface area contributed by atoms with Crippen LogP contribution in [0.4, 0.5) is 11.5 Å². The number of anilines is 1. The van der Waals surface area contributed by atoms with Crippen molar-refractivity contribution < 1.29 is 14.8 Å².